The minimum atomic E-state index is -0.120. The first-order valence-electron chi connectivity index (χ1n) is 8.16. The highest BCUT2D eigenvalue weighted by Crippen LogP contribution is 2.26. The number of ether oxygens (including phenoxy) is 1. The monoisotopic (exact) mass is 320 g/mol. The Morgan fingerprint density at radius 3 is 2.57 bits per heavy atom. The number of benzene rings is 1. The van der Waals surface area contributed by atoms with Gasteiger partial charge in [-0.2, -0.15) is 0 Å². The molecule has 0 radical (unpaired) electrons. The molecule has 0 atom stereocenters. The van der Waals surface area contributed by atoms with Gasteiger partial charge in [-0.25, -0.2) is 0 Å². The molecule has 1 rings (SSSR count). The number of hydrogen-bond acceptors (Lipinski definition) is 4. The van der Waals surface area contributed by atoms with Crippen LogP contribution in [0.3, 0.4) is 0 Å². The Morgan fingerprint density at radius 2 is 1.96 bits per heavy atom. The maximum atomic E-state index is 11.8. The van der Waals surface area contributed by atoms with E-state index in [-0.39, 0.29) is 11.7 Å². The molecule has 128 valence electrons. The predicted octanol–water partition coefficient (Wildman–Crippen LogP) is 2.65. The van der Waals surface area contributed by atoms with Gasteiger partial charge in [0, 0.05) is 19.2 Å². The van der Waals surface area contributed by atoms with Gasteiger partial charge in [-0.1, -0.05) is 19.9 Å². The Morgan fingerprint density at radius 1 is 1.26 bits per heavy atom. The van der Waals surface area contributed by atoms with Crippen LogP contribution < -0.4 is 10.1 Å². The standard InChI is InChI=1S/C18H28N2O3/c1-4-11-20(12-5-2)13-10-19-18(22)9-7-15-6-8-16(21)17(14-15)23-3/h6-9,14,21H,4-5,10-13H2,1-3H3,(H,19,22)/b9-7+. The van der Waals surface area contributed by atoms with E-state index in [1.165, 1.54) is 13.2 Å². The minimum Gasteiger partial charge on any atom is -0.504 e. The molecular formula is C18H28N2O3. The lowest BCUT2D eigenvalue weighted by atomic mass is 10.2. The molecule has 0 aliphatic rings. The highest BCUT2D eigenvalue weighted by Gasteiger charge is 2.03. The third-order valence-corrected chi connectivity index (χ3v) is 3.44. The van der Waals surface area contributed by atoms with Crippen LogP contribution in [0.15, 0.2) is 24.3 Å². The second-order valence-electron chi connectivity index (χ2n) is 5.40. The van der Waals surface area contributed by atoms with Crippen LogP contribution in [0.25, 0.3) is 6.08 Å². The lowest BCUT2D eigenvalue weighted by molar-refractivity contribution is -0.116. The summed E-state index contributed by atoms with van der Waals surface area (Å²) in [6.07, 6.45) is 5.44. The molecule has 0 saturated carbocycles. The van der Waals surface area contributed by atoms with Crippen molar-refractivity contribution in [1.29, 1.82) is 0 Å². The zero-order valence-corrected chi connectivity index (χ0v) is 14.3. The lowest BCUT2D eigenvalue weighted by Crippen LogP contribution is -2.35. The third kappa shape index (κ3) is 7.19. The maximum Gasteiger partial charge on any atom is 0.244 e. The summed E-state index contributed by atoms with van der Waals surface area (Å²) in [5.74, 6) is 0.355. The Kier molecular flexibility index (Phi) is 8.83. The minimum absolute atomic E-state index is 0.0843. The van der Waals surface area contributed by atoms with Crippen molar-refractivity contribution in [2.45, 2.75) is 26.7 Å². The second-order valence-corrected chi connectivity index (χ2v) is 5.40. The van der Waals surface area contributed by atoms with Crippen molar-refractivity contribution in [1.82, 2.24) is 10.2 Å². The number of phenols is 1. The molecule has 0 saturated heterocycles. The molecule has 0 bridgehead atoms. The van der Waals surface area contributed by atoms with E-state index in [1.54, 1.807) is 24.3 Å². The quantitative estimate of drug-likeness (QED) is 0.651. The van der Waals surface area contributed by atoms with Crippen LogP contribution in [0.5, 0.6) is 11.5 Å². The van der Waals surface area contributed by atoms with Gasteiger partial charge in [0.2, 0.25) is 5.91 Å². The molecule has 2 N–H and O–H groups in total. The summed E-state index contributed by atoms with van der Waals surface area (Å²) >= 11 is 0. The smallest absolute Gasteiger partial charge is 0.244 e. The van der Waals surface area contributed by atoms with E-state index in [2.05, 4.69) is 24.1 Å². The normalized spacial score (nSPS) is 11.1. The number of rotatable bonds is 10. The van der Waals surface area contributed by atoms with Crippen molar-refractivity contribution in [3.05, 3.63) is 29.8 Å². The predicted molar refractivity (Wildman–Crippen MR) is 93.7 cm³/mol. The number of hydrogen-bond donors (Lipinski definition) is 2. The molecule has 5 heteroatoms. The van der Waals surface area contributed by atoms with Crippen LogP contribution in [0.1, 0.15) is 32.3 Å². The fourth-order valence-electron chi connectivity index (χ4n) is 2.33. The average molecular weight is 320 g/mol. The van der Waals surface area contributed by atoms with Crippen LogP contribution in [0.2, 0.25) is 0 Å². The van der Waals surface area contributed by atoms with Crippen molar-refractivity contribution in [2.75, 3.05) is 33.3 Å². The van der Waals surface area contributed by atoms with Gasteiger partial charge in [-0.15, -0.1) is 0 Å². The largest absolute Gasteiger partial charge is 0.504 e. The number of nitrogens with one attached hydrogen (secondary N) is 1. The topological polar surface area (TPSA) is 61.8 Å². The van der Waals surface area contributed by atoms with E-state index in [0.717, 1.165) is 38.0 Å². The van der Waals surface area contributed by atoms with E-state index < -0.39 is 0 Å². The van der Waals surface area contributed by atoms with E-state index in [9.17, 15) is 9.90 Å². The average Bonchev–Trinajstić information content (AvgIpc) is 2.54. The van der Waals surface area contributed by atoms with Crippen LogP contribution in [0.4, 0.5) is 0 Å². The van der Waals surface area contributed by atoms with Gasteiger partial charge >= 0.3 is 0 Å². The second kappa shape index (κ2) is 10.7. The molecule has 0 aliphatic heterocycles. The highest BCUT2D eigenvalue weighted by atomic mass is 16.5. The van der Waals surface area contributed by atoms with Gasteiger partial charge in [0.1, 0.15) is 0 Å². The summed E-state index contributed by atoms with van der Waals surface area (Å²) < 4.78 is 5.04. The van der Waals surface area contributed by atoms with Crippen molar-refractivity contribution in [2.24, 2.45) is 0 Å². The molecule has 0 heterocycles. The zero-order valence-electron chi connectivity index (χ0n) is 14.3. The highest BCUT2D eigenvalue weighted by molar-refractivity contribution is 5.91. The molecule has 0 unspecified atom stereocenters. The van der Waals surface area contributed by atoms with E-state index in [4.69, 9.17) is 4.74 Å². The fraction of sp³-hybridized carbons (Fsp3) is 0.500. The van der Waals surface area contributed by atoms with Gasteiger partial charge in [0.05, 0.1) is 7.11 Å². The Balaban J connectivity index is 2.43. The Hall–Kier alpha value is -2.01. The van der Waals surface area contributed by atoms with Gasteiger partial charge in [0.25, 0.3) is 0 Å². The molecule has 1 aromatic carbocycles. The molecule has 0 aromatic heterocycles. The number of carbonyl (C=O) groups excluding carboxylic acids is 1. The van der Waals surface area contributed by atoms with Crippen molar-refractivity contribution < 1.29 is 14.6 Å². The first kappa shape index (κ1) is 19.0. The van der Waals surface area contributed by atoms with Crippen LogP contribution in [-0.4, -0.2) is 49.2 Å². The molecular weight excluding hydrogens is 292 g/mol. The first-order valence-corrected chi connectivity index (χ1v) is 8.16. The zero-order chi connectivity index (χ0) is 17.1. The Bertz CT molecular complexity index is 509. The van der Waals surface area contributed by atoms with Crippen LogP contribution in [-0.2, 0) is 4.79 Å². The van der Waals surface area contributed by atoms with Crippen LogP contribution in [0, 0.1) is 0 Å². The summed E-state index contributed by atoms with van der Waals surface area (Å²) in [5, 5.41) is 12.4. The number of amides is 1. The molecule has 5 nitrogen and oxygen atoms in total. The van der Waals surface area contributed by atoms with E-state index in [0.29, 0.717) is 12.3 Å². The van der Waals surface area contributed by atoms with Crippen molar-refractivity contribution in [3.63, 3.8) is 0 Å². The van der Waals surface area contributed by atoms with Crippen molar-refractivity contribution >= 4 is 12.0 Å². The molecule has 0 spiro atoms. The summed E-state index contributed by atoms with van der Waals surface area (Å²) in [6.45, 7) is 7.96. The molecule has 0 fully saturated rings. The molecule has 1 amide bonds. The summed E-state index contributed by atoms with van der Waals surface area (Å²) in [7, 11) is 1.49. The van der Waals surface area contributed by atoms with Gasteiger partial charge in [0.15, 0.2) is 11.5 Å². The van der Waals surface area contributed by atoms with Crippen molar-refractivity contribution in [3.8, 4) is 11.5 Å². The molecule has 1 aromatic rings. The number of carbonyl (C=O) groups is 1. The van der Waals surface area contributed by atoms with Gasteiger partial charge < -0.3 is 20.1 Å². The number of phenolic OH excluding ortho intramolecular Hbond substituents is 1. The first-order chi connectivity index (χ1) is 11.1. The van der Waals surface area contributed by atoms with E-state index >= 15 is 0 Å². The third-order valence-electron chi connectivity index (χ3n) is 3.44. The van der Waals surface area contributed by atoms with Crippen LogP contribution >= 0.6 is 0 Å². The summed E-state index contributed by atoms with van der Waals surface area (Å²) in [4.78, 5) is 14.2. The molecule has 23 heavy (non-hydrogen) atoms. The van der Waals surface area contributed by atoms with E-state index in [1.807, 2.05) is 0 Å². The molecule has 0 aliphatic carbocycles. The number of methoxy groups -OCH3 is 1. The summed E-state index contributed by atoms with van der Waals surface area (Å²) in [5.41, 5.74) is 0.799. The fourth-order valence-corrected chi connectivity index (χ4v) is 2.33. The SMILES string of the molecule is CCCN(CCC)CCNC(=O)/C=C/c1ccc(O)c(OC)c1. The number of nitrogens with zero attached hydrogens (tertiary/aromatic N) is 1. The summed E-state index contributed by atoms with van der Waals surface area (Å²) in [6, 6.07) is 4.96. The Labute approximate surface area is 139 Å². The maximum absolute atomic E-state index is 11.8. The lowest BCUT2D eigenvalue weighted by Gasteiger charge is -2.20. The van der Waals surface area contributed by atoms with Gasteiger partial charge in [-0.05, 0) is 49.7 Å². The van der Waals surface area contributed by atoms with Gasteiger partial charge in [-0.3, -0.25) is 4.79 Å². The number of aromatic hydroxyl groups is 1.